The highest BCUT2D eigenvalue weighted by Gasteiger charge is 2.23. The van der Waals surface area contributed by atoms with Crippen LogP contribution >= 0.6 is 0 Å². The number of rotatable bonds is 5. The van der Waals surface area contributed by atoms with Gasteiger partial charge in [0.1, 0.15) is 0 Å². The Morgan fingerprint density at radius 2 is 1.67 bits per heavy atom. The number of carbonyl (C=O) groups excluding carboxylic acids is 2. The van der Waals surface area contributed by atoms with E-state index in [1.807, 2.05) is 23.6 Å². The normalized spacial score (nSPS) is 16.7. The van der Waals surface area contributed by atoms with Crippen LogP contribution in [0.4, 0.5) is 4.79 Å². The number of hydrogen-bond acceptors (Lipinski definition) is 3. The molecule has 0 aromatic carbocycles. The predicted molar refractivity (Wildman–Crippen MR) is 70.1 cm³/mol. The van der Waals surface area contributed by atoms with Gasteiger partial charge in [0, 0.05) is 52.2 Å². The molecule has 1 heterocycles. The number of nitrogens with zero attached hydrogens (tertiary/aromatic N) is 3. The third-order valence-corrected chi connectivity index (χ3v) is 3.35. The van der Waals surface area contributed by atoms with Gasteiger partial charge in [0.05, 0.1) is 0 Å². The van der Waals surface area contributed by atoms with Gasteiger partial charge in [0.25, 0.3) is 0 Å². The van der Waals surface area contributed by atoms with Crippen molar-refractivity contribution in [3.63, 3.8) is 0 Å². The minimum Gasteiger partial charge on any atom is -0.370 e. The average Bonchev–Trinajstić information content (AvgIpc) is 2.38. The molecule has 0 atom stereocenters. The predicted octanol–water partition coefficient (Wildman–Crippen LogP) is -0.0588. The summed E-state index contributed by atoms with van der Waals surface area (Å²) in [4.78, 5) is 28.7. The van der Waals surface area contributed by atoms with Crippen molar-refractivity contribution in [2.24, 2.45) is 5.73 Å². The van der Waals surface area contributed by atoms with Crippen LogP contribution in [0.2, 0.25) is 0 Å². The summed E-state index contributed by atoms with van der Waals surface area (Å²) in [6.45, 7) is 9.27. The van der Waals surface area contributed by atoms with E-state index in [9.17, 15) is 9.59 Å². The van der Waals surface area contributed by atoms with Crippen LogP contribution in [0.25, 0.3) is 0 Å². The second-order valence-corrected chi connectivity index (χ2v) is 4.50. The van der Waals surface area contributed by atoms with E-state index in [-0.39, 0.29) is 11.9 Å². The first-order valence-corrected chi connectivity index (χ1v) is 6.63. The van der Waals surface area contributed by atoms with Crippen LogP contribution in [0.1, 0.15) is 20.3 Å². The van der Waals surface area contributed by atoms with E-state index in [1.165, 1.54) is 0 Å². The highest BCUT2D eigenvalue weighted by atomic mass is 16.2. The quantitative estimate of drug-likeness (QED) is 0.749. The van der Waals surface area contributed by atoms with Crippen LogP contribution in [0.15, 0.2) is 0 Å². The Bertz CT molecular complexity index is 284. The van der Waals surface area contributed by atoms with E-state index in [2.05, 4.69) is 4.90 Å². The van der Waals surface area contributed by atoms with Crippen LogP contribution in [0, 0.1) is 0 Å². The lowest BCUT2D eigenvalue weighted by molar-refractivity contribution is -0.118. The highest BCUT2D eigenvalue weighted by molar-refractivity contribution is 5.74. The Balaban J connectivity index is 2.34. The molecule has 1 aliphatic heterocycles. The standard InChI is InChI=1S/C12H24N4O2/c1-3-15(4-2)12(18)16-9-7-14(8-10-16)6-5-11(13)17/h3-10H2,1-2H3,(H2,13,17). The number of piperazine rings is 1. The first-order valence-electron chi connectivity index (χ1n) is 6.63. The van der Waals surface area contributed by atoms with Crippen molar-refractivity contribution >= 4 is 11.9 Å². The van der Waals surface area contributed by atoms with Crippen LogP contribution in [0.3, 0.4) is 0 Å². The van der Waals surface area contributed by atoms with E-state index in [1.54, 1.807) is 0 Å². The summed E-state index contributed by atoms with van der Waals surface area (Å²) < 4.78 is 0. The van der Waals surface area contributed by atoms with Crippen LogP contribution in [-0.2, 0) is 4.79 Å². The van der Waals surface area contributed by atoms with Crippen molar-refractivity contribution in [2.75, 3.05) is 45.8 Å². The minimum atomic E-state index is -0.267. The maximum atomic E-state index is 12.1. The fourth-order valence-corrected chi connectivity index (χ4v) is 2.13. The first-order chi connectivity index (χ1) is 8.58. The van der Waals surface area contributed by atoms with Crippen LogP contribution < -0.4 is 5.73 Å². The molecule has 6 nitrogen and oxygen atoms in total. The van der Waals surface area contributed by atoms with E-state index in [0.29, 0.717) is 13.0 Å². The highest BCUT2D eigenvalue weighted by Crippen LogP contribution is 2.06. The zero-order valence-corrected chi connectivity index (χ0v) is 11.4. The molecule has 104 valence electrons. The fourth-order valence-electron chi connectivity index (χ4n) is 2.13. The number of hydrogen-bond donors (Lipinski definition) is 1. The molecule has 18 heavy (non-hydrogen) atoms. The van der Waals surface area contributed by atoms with Crippen molar-refractivity contribution in [3.05, 3.63) is 0 Å². The number of urea groups is 1. The van der Waals surface area contributed by atoms with Crippen molar-refractivity contribution in [1.82, 2.24) is 14.7 Å². The largest absolute Gasteiger partial charge is 0.370 e. The second kappa shape index (κ2) is 7.20. The first kappa shape index (κ1) is 14.8. The van der Waals surface area contributed by atoms with Crippen LogP contribution in [0.5, 0.6) is 0 Å². The third kappa shape index (κ3) is 4.18. The molecule has 2 N–H and O–H groups in total. The summed E-state index contributed by atoms with van der Waals surface area (Å²) in [5, 5.41) is 0. The van der Waals surface area contributed by atoms with Crippen molar-refractivity contribution in [1.29, 1.82) is 0 Å². The molecule has 0 aromatic rings. The molecule has 3 amide bonds. The lowest BCUT2D eigenvalue weighted by Crippen LogP contribution is -2.53. The maximum absolute atomic E-state index is 12.1. The fraction of sp³-hybridized carbons (Fsp3) is 0.833. The smallest absolute Gasteiger partial charge is 0.320 e. The molecular formula is C12H24N4O2. The van der Waals surface area contributed by atoms with Crippen molar-refractivity contribution in [2.45, 2.75) is 20.3 Å². The summed E-state index contributed by atoms with van der Waals surface area (Å²) in [6.07, 6.45) is 0.393. The molecule has 0 bridgehead atoms. The van der Waals surface area contributed by atoms with Gasteiger partial charge in [0.15, 0.2) is 0 Å². The molecular weight excluding hydrogens is 232 g/mol. The maximum Gasteiger partial charge on any atom is 0.320 e. The van der Waals surface area contributed by atoms with Gasteiger partial charge in [-0.05, 0) is 13.8 Å². The topological polar surface area (TPSA) is 69.9 Å². The van der Waals surface area contributed by atoms with Gasteiger partial charge in [-0.3, -0.25) is 9.69 Å². The Morgan fingerprint density at radius 3 is 2.11 bits per heavy atom. The third-order valence-electron chi connectivity index (χ3n) is 3.35. The zero-order valence-electron chi connectivity index (χ0n) is 11.4. The van der Waals surface area contributed by atoms with Gasteiger partial charge in [-0.25, -0.2) is 4.79 Å². The van der Waals surface area contributed by atoms with Gasteiger partial charge < -0.3 is 15.5 Å². The molecule has 1 saturated heterocycles. The zero-order chi connectivity index (χ0) is 13.5. The number of carbonyl (C=O) groups is 2. The van der Waals surface area contributed by atoms with E-state index >= 15 is 0 Å². The molecule has 1 rings (SSSR count). The molecule has 0 radical (unpaired) electrons. The number of nitrogens with two attached hydrogens (primary N) is 1. The number of amides is 3. The summed E-state index contributed by atoms with van der Waals surface area (Å²) in [5.41, 5.74) is 5.12. The SMILES string of the molecule is CCN(CC)C(=O)N1CCN(CCC(N)=O)CC1. The van der Waals surface area contributed by atoms with Gasteiger partial charge in [-0.15, -0.1) is 0 Å². The molecule has 0 aliphatic carbocycles. The van der Waals surface area contributed by atoms with Crippen LogP contribution in [-0.4, -0.2) is 72.5 Å². The van der Waals surface area contributed by atoms with Gasteiger partial charge in [0.2, 0.25) is 5.91 Å². The average molecular weight is 256 g/mol. The van der Waals surface area contributed by atoms with Gasteiger partial charge >= 0.3 is 6.03 Å². The Labute approximate surface area is 109 Å². The molecule has 1 aliphatic rings. The van der Waals surface area contributed by atoms with Crippen molar-refractivity contribution < 1.29 is 9.59 Å². The van der Waals surface area contributed by atoms with Gasteiger partial charge in [-0.1, -0.05) is 0 Å². The lowest BCUT2D eigenvalue weighted by atomic mass is 10.3. The van der Waals surface area contributed by atoms with Gasteiger partial charge in [-0.2, -0.15) is 0 Å². The molecule has 0 spiro atoms. The summed E-state index contributed by atoms with van der Waals surface area (Å²) in [6, 6.07) is 0.120. The second-order valence-electron chi connectivity index (χ2n) is 4.50. The molecule has 1 fully saturated rings. The van der Waals surface area contributed by atoms with E-state index in [0.717, 1.165) is 39.3 Å². The minimum absolute atomic E-state index is 0.120. The Hall–Kier alpha value is -1.30. The van der Waals surface area contributed by atoms with E-state index in [4.69, 9.17) is 5.73 Å². The lowest BCUT2D eigenvalue weighted by Gasteiger charge is -2.37. The van der Waals surface area contributed by atoms with E-state index < -0.39 is 0 Å². The summed E-state index contributed by atoms with van der Waals surface area (Å²) in [7, 11) is 0. The summed E-state index contributed by atoms with van der Waals surface area (Å²) in [5.74, 6) is -0.267. The molecule has 0 unspecified atom stereocenters. The van der Waals surface area contributed by atoms with Crippen molar-refractivity contribution in [3.8, 4) is 0 Å². The Kier molecular flexibility index (Phi) is 5.91. The molecule has 6 heteroatoms. The molecule has 0 aromatic heterocycles. The monoisotopic (exact) mass is 256 g/mol. The number of primary amides is 1. The summed E-state index contributed by atoms with van der Waals surface area (Å²) >= 11 is 0. The molecule has 0 saturated carbocycles. The Morgan fingerprint density at radius 1 is 1.11 bits per heavy atom.